The van der Waals surface area contributed by atoms with Crippen LogP contribution in [0.1, 0.15) is 43.1 Å². The summed E-state index contributed by atoms with van der Waals surface area (Å²) < 4.78 is 7.83. The lowest BCUT2D eigenvalue weighted by Gasteiger charge is -2.31. The molecule has 0 aromatic carbocycles. The van der Waals surface area contributed by atoms with Crippen LogP contribution in [0.2, 0.25) is 0 Å². The molecule has 1 saturated carbocycles. The number of piperidine rings is 1. The summed E-state index contributed by atoms with van der Waals surface area (Å²) in [5.41, 5.74) is 1.11. The van der Waals surface area contributed by atoms with E-state index in [-0.39, 0.29) is 0 Å². The zero-order valence-corrected chi connectivity index (χ0v) is 14.1. The van der Waals surface area contributed by atoms with Gasteiger partial charge in [-0.2, -0.15) is 5.10 Å². The van der Waals surface area contributed by atoms with E-state index in [1.807, 2.05) is 17.7 Å². The van der Waals surface area contributed by atoms with E-state index in [1.165, 1.54) is 12.8 Å². The zero-order chi connectivity index (χ0) is 16.4. The Labute approximate surface area is 142 Å². The highest BCUT2D eigenvalue weighted by Gasteiger charge is 2.25. The van der Waals surface area contributed by atoms with Gasteiger partial charge in [0.15, 0.2) is 0 Å². The van der Waals surface area contributed by atoms with Crippen LogP contribution >= 0.6 is 0 Å². The number of aromatic nitrogens is 5. The summed E-state index contributed by atoms with van der Waals surface area (Å²) in [6.07, 6.45) is 6.55. The molecular weight excluding hydrogens is 304 g/mol. The van der Waals surface area contributed by atoms with Crippen LogP contribution in [-0.4, -0.2) is 49.6 Å². The van der Waals surface area contributed by atoms with Crippen molar-refractivity contribution in [2.24, 2.45) is 13.0 Å². The SMILES string of the molecule is Cn1cnnc1CN1CCC(COc2ccc(C3CC3)nn2)CC1. The summed E-state index contributed by atoms with van der Waals surface area (Å²) in [6.45, 7) is 3.76. The number of nitrogens with zero attached hydrogens (tertiary/aromatic N) is 6. The van der Waals surface area contributed by atoms with Crippen molar-refractivity contribution in [1.29, 1.82) is 0 Å². The van der Waals surface area contributed by atoms with Gasteiger partial charge in [-0.15, -0.1) is 15.3 Å². The summed E-state index contributed by atoms with van der Waals surface area (Å²) in [5.74, 6) is 2.91. The van der Waals surface area contributed by atoms with Crippen LogP contribution in [0.5, 0.6) is 5.88 Å². The van der Waals surface area contributed by atoms with Crippen molar-refractivity contribution in [2.45, 2.75) is 38.1 Å². The Morgan fingerprint density at radius 1 is 1.08 bits per heavy atom. The van der Waals surface area contributed by atoms with Gasteiger partial charge in [0.05, 0.1) is 18.8 Å². The zero-order valence-electron chi connectivity index (χ0n) is 14.1. The Balaban J connectivity index is 1.21. The second kappa shape index (κ2) is 6.84. The average Bonchev–Trinajstić information content (AvgIpc) is 3.39. The highest BCUT2D eigenvalue weighted by atomic mass is 16.5. The third kappa shape index (κ3) is 3.72. The molecule has 2 aromatic heterocycles. The van der Waals surface area contributed by atoms with E-state index in [2.05, 4.69) is 31.4 Å². The molecule has 1 aliphatic heterocycles. The van der Waals surface area contributed by atoms with Crippen molar-refractivity contribution in [2.75, 3.05) is 19.7 Å². The van der Waals surface area contributed by atoms with Gasteiger partial charge in [-0.3, -0.25) is 4.90 Å². The lowest BCUT2D eigenvalue weighted by atomic mass is 9.98. The molecule has 4 rings (SSSR count). The molecule has 2 aliphatic rings. The molecule has 1 saturated heterocycles. The summed E-state index contributed by atoms with van der Waals surface area (Å²) in [7, 11) is 1.99. The minimum Gasteiger partial charge on any atom is -0.476 e. The summed E-state index contributed by atoms with van der Waals surface area (Å²) >= 11 is 0. The molecule has 0 spiro atoms. The lowest BCUT2D eigenvalue weighted by Crippen LogP contribution is -2.35. The van der Waals surface area contributed by atoms with Crippen LogP contribution < -0.4 is 4.74 Å². The maximum Gasteiger partial charge on any atom is 0.233 e. The van der Waals surface area contributed by atoms with Crippen LogP contribution in [0.3, 0.4) is 0 Å². The van der Waals surface area contributed by atoms with E-state index >= 15 is 0 Å². The second-order valence-corrected chi connectivity index (χ2v) is 6.96. The standard InChI is InChI=1S/C17H24N6O/c1-22-12-18-20-16(22)10-23-8-6-13(7-9-23)11-24-17-5-4-15(19-21-17)14-2-3-14/h4-5,12-14H,2-3,6-11H2,1H3. The molecule has 0 unspecified atom stereocenters. The number of rotatable bonds is 6. The van der Waals surface area contributed by atoms with E-state index < -0.39 is 0 Å². The normalized spacial score (nSPS) is 19.5. The fraction of sp³-hybridized carbons (Fsp3) is 0.647. The van der Waals surface area contributed by atoms with E-state index in [0.717, 1.165) is 50.6 Å². The first kappa shape index (κ1) is 15.5. The molecule has 2 fully saturated rings. The molecule has 0 atom stereocenters. The highest BCUT2D eigenvalue weighted by molar-refractivity contribution is 5.17. The minimum atomic E-state index is 0.589. The van der Waals surface area contributed by atoms with Crippen molar-refractivity contribution < 1.29 is 4.74 Å². The van der Waals surface area contributed by atoms with Crippen LogP contribution in [0, 0.1) is 5.92 Å². The molecule has 0 amide bonds. The highest BCUT2D eigenvalue weighted by Crippen LogP contribution is 2.38. The van der Waals surface area contributed by atoms with Crippen LogP contribution in [-0.2, 0) is 13.6 Å². The van der Waals surface area contributed by atoms with Crippen molar-refractivity contribution in [3.63, 3.8) is 0 Å². The fourth-order valence-electron chi connectivity index (χ4n) is 3.17. The average molecular weight is 328 g/mol. The topological polar surface area (TPSA) is 69.0 Å². The first-order valence-electron chi connectivity index (χ1n) is 8.79. The molecule has 0 N–H and O–H groups in total. The summed E-state index contributed by atoms with van der Waals surface area (Å²) in [5, 5.41) is 16.6. The first-order chi connectivity index (χ1) is 11.8. The van der Waals surface area contributed by atoms with E-state index in [1.54, 1.807) is 6.33 Å². The van der Waals surface area contributed by atoms with Crippen molar-refractivity contribution >= 4 is 0 Å². The van der Waals surface area contributed by atoms with Crippen LogP contribution in [0.4, 0.5) is 0 Å². The smallest absolute Gasteiger partial charge is 0.233 e. The molecule has 3 heterocycles. The van der Waals surface area contributed by atoms with Gasteiger partial charge < -0.3 is 9.30 Å². The fourth-order valence-corrected chi connectivity index (χ4v) is 3.17. The molecule has 128 valence electrons. The predicted molar refractivity (Wildman–Crippen MR) is 88.5 cm³/mol. The Morgan fingerprint density at radius 3 is 2.54 bits per heavy atom. The van der Waals surface area contributed by atoms with Gasteiger partial charge in [0.1, 0.15) is 12.2 Å². The van der Waals surface area contributed by atoms with Gasteiger partial charge in [-0.05, 0) is 50.8 Å². The number of ether oxygens (including phenoxy) is 1. The molecular formula is C17H24N6O. The van der Waals surface area contributed by atoms with Gasteiger partial charge >= 0.3 is 0 Å². The third-order valence-electron chi connectivity index (χ3n) is 5.00. The molecule has 7 nitrogen and oxygen atoms in total. The molecule has 7 heteroatoms. The van der Waals surface area contributed by atoms with Gasteiger partial charge in [-0.1, -0.05) is 0 Å². The molecule has 0 radical (unpaired) electrons. The minimum absolute atomic E-state index is 0.589. The Morgan fingerprint density at radius 2 is 1.92 bits per heavy atom. The number of hydrogen-bond donors (Lipinski definition) is 0. The summed E-state index contributed by atoms with van der Waals surface area (Å²) in [6, 6.07) is 4.02. The van der Waals surface area contributed by atoms with Crippen molar-refractivity contribution in [3.8, 4) is 5.88 Å². The largest absolute Gasteiger partial charge is 0.476 e. The predicted octanol–water partition coefficient (Wildman–Crippen LogP) is 1.77. The van der Waals surface area contributed by atoms with E-state index in [0.29, 0.717) is 17.7 Å². The van der Waals surface area contributed by atoms with Gasteiger partial charge in [0, 0.05) is 19.0 Å². The molecule has 2 aromatic rings. The van der Waals surface area contributed by atoms with Crippen LogP contribution in [0.15, 0.2) is 18.5 Å². The quantitative estimate of drug-likeness (QED) is 0.805. The van der Waals surface area contributed by atoms with Crippen molar-refractivity contribution in [1.82, 2.24) is 29.9 Å². The Bertz CT molecular complexity index is 658. The molecule has 24 heavy (non-hydrogen) atoms. The van der Waals surface area contributed by atoms with E-state index in [4.69, 9.17) is 4.74 Å². The number of likely N-dealkylation sites (tertiary alicyclic amines) is 1. The number of aryl methyl sites for hydroxylation is 1. The summed E-state index contributed by atoms with van der Waals surface area (Å²) in [4.78, 5) is 2.44. The maximum absolute atomic E-state index is 5.84. The Kier molecular flexibility index (Phi) is 4.42. The van der Waals surface area contributed by atoms with Crippen molar-refractivity contribution in [3.05, 3.63) is 30.0 Å². The van der Waals surface area contributed by atoms with E-state index in [9.17, 15) is 0 Å². The lowest BCUT2D eigenvalue weighted by molar-refractivity contribution is 0.131. The monoisotopic (exact) mass is 328 g/mol. The van der Waals surface area contributed by atoms with Gasteiger partial charge in [0.25, 0.3) is 0 Å². The second-order valence-electron chi connectivity index (χ2n) is 6.96. The Hall–Kier alpha value is -2.02. The van der Waals surface area contributed by atoms with Gasteiger partial charge in [-0.25, -0.2) is 0 Å². The third-order valence-corrected chi connectivity index (χ3v) is 5.00. The van der Waals surface area contributed by atoms with Gasteiger partial charge in [0.2, 0.25) is 5.88 Å². The number of hydrogen-bond acceptors (Lipinski definition) is 6. The maximum atomic E-state index is 5.84. The first-order valence-corrected chi connectivity index (χ1v) is 8.79. The molecule has 0 bridgehead atoms. The molecule has 1 aliphatic carbocycles. The van der Waals surface area contributed by atoms with Crippen LogP contribution in [0.25, 0.3) is 0 Å².